The summed E-state index contributed by atoms with van der Waals surface area (Å²) in [6.07, 6.45) is 5.29. The molecule has 20 heavy (non-hydrogen) atoms. The van der Waals surface area contributed by atoms with Crippen LogP contribution in [0.25, 0.3) is 11.0 Å². The van der Waals surface area contributed by atoms with Crippen molar-refractivity contribution in [3.63, 3.8) is 0 Å². The van der Waals surface area contributed by atoms with Gasteiger partial charge in [0.2, 0.25) is 0 Å². The third kappa shape index (κ3) is 2.27. The van der Waals surface area contributed by atoms with Crippen molar-refractivity contribution in [2.45, 2.75) is 39.2 Å². The van der Waals surface area contributed by atoms with Crippen molar-refractivity contribution in [1.29, 1.82) is 5.26 Å². The minimum atomic E-state index is 0.670. The minimum absolute atomic E-state index is 0.670. The van der Waals surface area contributed by atoms with Gasteiger partial charge in [0.1, 0.15) is 6.07 Å². The molecule has 1 aromatic carbocycles. The molecule has 1 heterocycles. The number of nitrogens with zero attached hydrogens (tertiary/aromatic N) is 2. The van der Waals surface area contributed by atoms with Crippen LogP contribution < -0.4 is 0 Å². The van der Waals surface area contributed by atoms with E-state index in [1.807, 2.05) is 12.1 Å². The Morgan fingerprint density at radius 3 is 2.95 bits per heavy atom. The molecule has 1 saturated carbocycles. The number of fused-ring (bicyclic) bond motifs is 1. The van der Waals surface area contributed by atoms with Crippen LogP contribution in [-0.4, -0.2) is 9.55 Å². The lowest BCUT2D eigenvalue weighted by atomic mass is 9.80. The third-order valence-corrected chi connectivity index (χ3v) is 4.96. The van der Waals surface area contributed by atoms with E-state index in [0.29, 0.717) is 11.5 Å². The maximum atomic E-state index is 9.19. The number of hydrogen-bond donors (Lipinski definition) is 1. The highest BCUT2D eigenvalue weighted by Gasteiger charge is 2.22. The third-order valence-electron chi connectivity index (χ3n) is 4.64. The van der Waals surface area contributed by atoms with Crippen LogP contribution in [0.15, 0.2) is 18.2 Å². The van der Waals surface area contributed by atoms with Crippen molar-refractivity contribution in [2.75, 3.05) is 0 Å². The molecule has 0 aliphatic heterocycles. The summed E-state index contributed by atoms with van der Waals surface area (Å²) in [5.41, 5.74) is 2.61. The second-order valence-electron chi connectivity index (χ2n) is 5.87. The van der Waals surface area contributed by atoms with Crippen LogP contribution in [0.5, 0.6) is 0 Å². The van der Waals surface area contributed by atoms with Gasteiger partial charge >= 0.3 is 0 Å². The topological polar surface area (TPSA) is 44.5 Å². The molecular formula is C16H19N3S. The van der Waals surface area contributed by atoms with Gasteiger partial charge in [-0.1, -0.05) is 32.3 Å². The van der Waals surface area contributed by atoms with E-state index in [1.54, 1.807) is 0 Å². The summed E-state index contributed by atoms with van der Waals surface area (Å²) in [6.45, 7) is 3.32. The number of aromatic amines is 1. The van der Waals surface area contributed by atoms with Gasteiger partial charge in [0.25, 0.3) is 0 Å². The van der Waals surface area contributed by atoms with Crippen molar-refractivity contribution in [3.05, 3.63) is 28.5 Å². The molecule has 1 aromatic heterocycles. The van der Waals surface area contributed by atoms with Crippen molar-refractivity contribution >= 4 is 23.3 Å². The quantitative estimate of drug-likeness (QED) is 0.831. The number of hydrogen-bond acceptors (Lipinski definition) is 2. The van der Waals surface area contributed by atoms with E-state index >= 15 is 0 Å². The molecule has 2 aromatic rings. The molecule has 1 N–H and O–H groups in total. The number of imidazole rings is 1. The molecule has 3 rings (SSSR count). The molecule has 0 amide bonds. The molecule has 2 unspecified atom stereocenters. The second-order valence-corrected chi connectivity index (χ2v) is 6.26. The van der Waals surface area contributed by atoms with Gasteiger partial charge in [-0.15, -0.1) is 0 Å². The first kappa shape index (κ1) is 13.4. The van der Waals surface area contributed by atoms with Crippen LogP contribution >= 0.6 is 12.2 Å². The van der Waals surface area contributed by atoms with E-state index in [0.717, 1.165) is 28.3 Å². The molecule has 2 atom stereocenters. The lowest BCUT2D eigenvalue weighted by Crippen LogP contribution is -2.22. The molecule has 0 bridgehead atoms. The van der Waals surface area contributed by atoms with Crippen molar-refractivity contribution in [3.8, 4) is 6.07 Å². The first-order valence-electron chi connectivity index (χ1n) is 7.32. The minimum Gasteiger partial charge on any atom is -0.329 e. The molecule has 104 valence electrons. The first-order valence-corrected chi connectivity index (χ1v) is 7.73. The fourth-order valence-corrected chi connectivity index (χ4v) is 3.63. The Kier molecular flexibility index (Phi) is 3.62. The molecule has 1 fully saturated rings. The van der Waals surface area contributed by atoms with Gasteiger partial charge < -0.3 is 9.55 Å². The summed E-state index contributed by atoms with van der Waals surface area (Å²) < 4.78 is 2.92. The maximum Gasteiger partial charge on any atom is 0.178 e. The predicted octanol–water partition coefficient (Wildman–Crippen LogP) is 4.40. The normalized spacial score (nSPS) is 22.8. The highest BCUT2D eigenvalue weighted by atomic mass is 32.1. The lowest BCUT2D eigenvalue weighted by molar-refractivity contribution is 0.230. The van der Waals surface area contributed by atoms with Gasteiger partial charge in [-0.05, 0) is 42.6 Å². The standard InChI is InChI=1S/C16H19N3S/c1-11-5-2-3-6-13(11)10-19-14-8-4-7-12(9-17)15(14)18-16(19)20/h4,7-8,11,13H,2-3,5-6,10H2,1H3,(H,18,20). The van der Waals surface area contributed by atoms with Crippen LogP contribution in [0, 0.1) is 27.9 Å². The molecule has 1 aliphatic rings. The van der Waals surface area contributed by atoms with Crippen molar-refractivity contribution < 1.29 is 0 Å². The Balaban J connectivity index is 2.02. The smallest absolute Gasteiger partial charge is 0.178 e. The summed E-state index contributed by atoms with van der Waals surface area (Å²) in [4.78, 5) is 3.21. The Labute approximate surface area is 124 Å². The highest BCUT2D eigenvalue weighted by Crippen LogP contribution is 2.32. The average molecular weight is 285 g/mol. The monoisotopic (exact) mass is 285 g/mol. The summed E-state index contributed by atoms with van der Waals surface area (Å²) in [6, 6.07) is 8.05. The number of nitrogens with one attached hydrogen (secondary N) is 1. The molecule has 0 radical (unpaired) electrons. The largest absolute Gasteiger partial charge is 0.329 e. The number of rotatable bonds is 2. The summed E-state index contributed by atoms with van der Waals surface area (Å²) in [5, 5.41) is 9.19. The summed E-state index contributed by atoms with van der Waals surface area (Å²) in [5.74, 6) is 1.45. The van der Waals surface area contributed by atoms with E-state index < -0.39 is 0 Å². The zero-order valence-electron chi connectivity index (χ0n) is 11.7. The lowest BCUT2D eigenvalue weighted by Gasteiger charge is -2.29. The van der Waals surface area contributed by atoms with Crippen LogP contribution in [-0.2, 0) is 6.54 Å². The van der Waals surface area contributed by atoms with Gasteiger partial charge in [0.15, 0.2) is 4.77 Å². The SMILES string of the molecule is CC1CCCCC1Cn1c(=S)[nH]c2c(C#N)cccc21. The molecule has 0 spiro atoms. The number of para-hydroxylation sites is 1. The fraction of sp³-hybridized carbons (Fsp3) is 0.500. The van der Waals surface area contributed by atoms with Gasteiger partial charge in [0, 0.05) is 6.54 Å². The van der Waals surface area contributed by atoms with Crippen LogP contribution in [0.4, 0.5) is 0 Å². The van der Waals surface area contributed by atoms with E-state index in [4.69, 9.17) is 12.2 Å². The Bertz CT molecular complexity index is 719. The Morgan fingerprint density at radius 2 is 2.20 bits per heavy atom. The highest BCUT2D eigenvalue weighted by molar-refractivity contribution is 7.71. The number of nitriles is 1. The van der Waals surface area contributed by atoms with Gasteiger partial charge in [0.05, 0.1) is 16.6 Å². The molecule has 1 aliphatic carbocycles. The fourth-order valence-electron chi connectivity index (χ4n) is 3.35. The molecule has 4 heteroatoms. The molecular weight excluding hydrogens is 266 g/mol. The van der Waals surface area contributed by atoms with Crippen molar-refractivity contribution in [1.82, 2.24) is 9.55 Å². The van der Waals surface area contributed by atoms with E-state index in [1.165, 1.54) is 25.7 Å². The van der Waals surface area contributed by atoms with Crippen molar-refractivity contribution in [2.24, 2.45) is 11.8 Å². The van der Waals surface area contributed by atoms with E-state index in [9.17, 15) is 5.26 Å². The van der Waals surface area contributed by atoms with E-state index in [-0.39, 0.29) is 0 Å². The Morgan fingerprint density at radius 1 is 1.40 bits per heavy atom. The van der Waals surface area contributed by atoms with Gasteiger partial charge in [-0.25, -0.2) is 0 Å². The van der Waals surface area contributed by atoms with E-state index in [2.05, 4.69) is 28.6 Å². The van der Waals surface area contributed by atoms with Crippen LogP contribution in [0.3, 0.4) is 0 Å². The average Bonchev–Trinajstić information content (AvgIpc) is 2.77. The molecule has 0 saturated heterocycles. The zero-order chi connectivity index (χ0) is 14.1. The van der Waals surface area contributed by atoms with Crippen LogP contribution in [0.2, 0.25) is 0 Å². The summed E-state index contributed by atoms with van der Waals surface area (Å²) in [7, 11) is 0. The van der Waals surface area contributed by atoms with Gasteiger partial charge in [-0.3, -0.25) is 0 Å². The zero-order valence-corrected chi connectivity index (χ0v) is 12.5. The number of aromatic nitrogens is 2. The predicted molar refractivity (Wildman–Crippen MR) is 83.0 cm³/mol. The molecule has 3 nitrogen and oxygen atoms in total. The Hall–Kier alpha value is -1.60. The first-order chi connectivity index (χ1) is 9.70. The van der Waals surface area contributed by atoms with Gasteiger partial charge in [-0.2, -0.15) is 5.26 Å². The second kappa shape index (κ2) is 5.41. The number of benzene rings is 1. The van der Waals surface area contributed by atoms with Crippen LogP contribution in [0.1, 0.15) is 38.2 Å². The number of H-pyrrole nitrogens is 1. The summed E-state index contributed by atoms with van der Waals surface area (Å²) >= 11 is 5.47. The maximum absolute atomic E-state index is 9.19.